The second-order valence-electron chi connectivity index (χ2n) is 6.87. The number of rotatable bonds is 2. The number of aryl methyl sites for hydroxylation is 2. The van der Waals surface area contributed by atoms with Gasteiger partial charge in [0.05, 0.1) is 7.11 Å². The number of methoxy groups -OCH3 is 1. The predicted octanol–water partition coefficient (Wildman–Crippen LogP) is 3.41. The van der Waals surface area contributed by atoms with Crippen molar-refractivity contribution in [3.8, 4) is 5.75 Å². The first-order chi connectivity index (χ1) is 11.5. The molecular formula is C20H23N3O. The molecule has 4 heteroatoms. The molecule has 0 amide bonds. The highest BCUT2D eigenvalue weighted by Gasteiger charge is 2.41. The zero-order valence-electron chi connectivity index (χ0n) is 14.1. The Hall–Kier alpha value is -2.46. The minimum atomic E-state index is -0.628. The van der Waals surface area contributed by atoms with Gasteiger partial charge in [-0.25, -0.2) is 0 Å². The standard InChI is InChI=1S/C20H23N3O/c1-12-9-14-3-5-16(19(14)18(10-12)24-2)20(22)8-7-13-11-15(21)4-6-17(13)23-20/h4,6-11,16,23H,3,5,21-22H2,1-2H3. The molecule has 2 aromatic rings. The van der Waals surface area contributed by atoms with Crippen molar-refractivity contribution in [3.63, 3.8) is 0 Å². The van der Waals surface area contributed by atoms with E-state index in [-0.39, 0.29) is 5.92 Å². The second-order valence-corrected chi connectivity index (χ2v) is 6.87. The highest BCUT2D eigenvalue weighted by Crippen LogP contribution is 2.47. The van der Waals surface area contributed by atoms with Gasteiger partial charge < -0.3 is 21.5 Å². The fourth-order valence-electron chi connectivity index (χ4n) is 4.07. The first kappa shape index (κ1) is 15.1. The first-order valence-electron chi connectivity index (χ1n) is 8.33. The summed E-state index contributed by atoms with van der Waals surface area (Å²) in [5, 5.41) is 3.53. The van der Waals surface area contributed by atoms with Gasteiger partial charge in [-0.15, -0.1) is 0 Å². The Morgan fingerprint density at radius 1 is 1.25 bits per heavy atom. The normalized spacial score (nSPS) is 24.2. The highest BCUT2D eigenvalue weighted by molar-refractivity contribution is 5.75. The molecule has 0 bridgehead atoms. The molecule has 0 radical (unpaired) electrons. The third kappa shape index (κ3) is 2.26. The van der Waals surface area contributed by atoms with Gasteiger partial charge >= 0.3 is 0 Å². The Kier molecular flexibility index (Phi) is 3.32. The lowest BCUT2D eigenvalue weighted by Crippen LogP contribution is -2.51. The van der Waals surface area contributed by atoms with Crippen molar-refractivity contribution in [2.75, 3.05) is 18.2 Å². The molecule has 4 rings (SSSR count). The van der Waals surface area contributed by atoms with Gasteiger partial charge in [0.1, 0.15) is 11.4 Å². The number of nitrogens with two attached hydrogens (primary N) is 2. The summed E-state index contributed by atoms with van der Waals surface area (Å²) in [4.78, 5) is 0. The molecule has 2 aromatic carbocycles. The number of hydrogen-bond acceptors (Lipinski definition) is 4. The maximum Gasteiger partial charge on any atom is 0.123 e. The Labute approximate surface area is 142 Å². The molecule has 124 valence electrons. The summed E-state index contributed by atoms with van der Waals surface area (Å²) in [6.45, 7) is 2.10. The smallest absolute Gasteiger partial charge is 0.123 e. The SMILES string of the molecule is COc1cc(C)cc2c1C(C1(N)C=Cc3cc(N)ccc3N1)CC2. The number of ether oxygens (including phenoxy) is 1. The van der Waals surface area contributed by atoms with Crippen LogP contribution >= 0.6 is 0 Å². The molecule has 2 atom stereocenters. The van der Waals surface area contributed by atoms with Crippen LogP contribution in [-0.4, -0.2) is 12.8 Å². The quantitative estimate of drug-likeness (QED) is 0.741. The van der Waals surface area contributed by atoms with E-state index in [9.17, 15) is 0 Å². The molecule has 2 unspecified atom stereocenters. The van der Waals surface area contributed by atoms with Gasteiger partial charge in [-0.1, -0.05) is 12.1 Å². The molecule has 0 saturated heterocycles. The van der Waals surface area contributed by atoms with Crippen LogP contribution in [-0.2, 0) is 6.42 Å². The number of anilines is 2. The van der Waals surface area contributed by atoms with Crippen molar-refractivity contribution in [1.82, 2.24) is 0 Å². The molecule has 4 nitrogen and oxygen atoms in total. The van der Waals surface area contributed by atoms with Gasteiger partial charge in [0, 0.05) is 22.9 Å². The maximum absolute atomic E-state index is 6.81. The van der Waals surface area contributed by atoms with Crippen LogP contribution in [0.25, 0.3) is 6.08 Å². The van der Waals surface area contributed by atoms with Gasteiger partial charge in [0.15, 0.2) is 0 Å². The van der Waals surface area contributed by atoms with E-state index in [0.29, 0.717) is 0 Å². The summed E-state index contributed by atoms with van der Waals surface area (Å²) < 4.78 is 5.67. The minimum Gasteiger partial charge on any atom is -0.496 e. The zero-order valence-corrected chi connectivity index (χ0v) is 14.1. The number of hydrogen-bond donors (Lipinski definition) is 3. The summed E-state index contributed by atoms with van der Waals surface area (Å²) in [5.41, 5.74) is 18.7. The number of nitrogens with one attached hydrogen (secondary N) is 1. The lowest BCUT2D eigenvalue weighted by molar-refractivity contribution is 0.393. The van der Waals surface area contributed by atoms with Gasteiger partial charge in [-0.3, -0.25) is 0 Å². The van der Waals surface area contributed by atoms with E-state index < -0.39 is 5.66 Å². The molecule has 1 heterocycles. The Morgan fingerprint density at radius 3 is 2.88 bits per heavy atom. The van der Waals surface area contributed by atoms with Crippen LogP contribution in [0, 0.1) is 6.92 Å². The average molecular weight is 321 g/mol. The second kappa shape index (κ2) is 5.28. The predicted molar refractivity (Wildman–Crippen MR) is 99.2 cm³/mol. The summed E-state index contributed by atoms with van der Waals surface area (Å²) in [7, 11) is 1.73. The zero-order chi connectivity index (χ0) is 16.9. The molecule has 2 aliphatic rings. The Balaban J connectivity index is 1.76. The van der Waals surface area contributed by atoms with E-state index in [1.54, 1.807) is 7.11 Å². The van der Waals surface area contributed by atoms with Crippen molar-refractivity contribution in [3.05, 3.63) is 58.7 Å². The fourth-order valence-corrected chi connectivity index (χ4v) is 4.07. The van der Waals surface area contributed by atoms with E-state index in [4.69, 9.17) is 16.2 Å². The Morgan fingerprint density at radius 2 is 2.08 bits per heavy atom. The molecule has 0 fully saturated rings. The molecule has 1 aliphatic carbocycles. The molecular weight excluding hydrogens is 298 g/mol. The van der Waals surface area contributed by atoms with Crippen LogP contribution in [0.15, 0.2) is 36.4 Å². The van der Waals surface area contributed by atoms with Crippen LogP contribution in [0.2, 0.25) is 0 Å². The third-order valence-electron chi connectivity index (χ3n) is 5.18. The van der Waals surface area contributed by atoms with Gasteiger partial charge in [0.25, 0.3) is 0 Å². The van der Waals surface area contributed by atoms with Crippen LogP contribution in [0.5, 0.6) is 5.75 Å². The highest BCUT2D eigenvalue weighted by atomic mass is 16.5. The van der Waals surface area contributed by atoms with Gasteiger partial charge in [-0.05, 0) is 66.8 Å². The van der Waals surface area contributed by atoms with E-state index >= 15 is 0 Å². The van der Waals surface area contributed by atoms with Crippen molar-refractivity contribution in [2.24, 2.45) is 5.73 Å². The summed E-state index contributed by atoms with van der Waals surface area (Å²) in [5.74, 6) is 1.11. The van der Waals surface area contributed by atoms with Gasteiger partial charge in [-0.2, -0.15) is 0 Å². The van der Waals surface area contributed by atoms with Crippen LogP contribution in [0.1, 0.15) is 34.6 Å². The van der Waals surface area contributed by atoms with E-state index in [1.807, 2.05) is 18.2 Å². The fraction of sp³-hybridized carbons (Fsp3) is 0.300. The van der Waals surface area contributed by atoms with Gasteiger partial charge in [0.2, 0.25) is 0 Å². The van der Waals surface area contributed by atoms with E-state index in [0.717, 1.165) is 35.5 Å². The lowest BCUT2D eigenvalue weighted by atomic mass is 9.84. The summed E-state index contributed by atoms with van der Waals surface area (Å²) in [6.07, 6.45) is 6.17. The van der Waals surface area contributed by atoms with Crippen molar-refractivity contribution in [2.45, 2.75) is 31.3 Å². The monoisotopic (exact) mass is 321 g/mol. The van der Waals surface area contributed by atoms with Crippen LogP contribution in [0.3, 0.4) is 0 Å². The number of benzene rings is 2. The largest absolute Gasteiger partial charge is 0.496 e. The van der Waals surface area contributed by atoms with Crippen molar-refractivity contribution in [1.29, 1.82) is 0 Å². The topological polar surface area (TPSA) is 73.3 Å². The Bertz CT molecular complexity index is 843. The summed E-state index contributed by atoms with van der Waals surface area (Å²) >= 11 is 0. The van der Waals surface area contributed by atoms with E-state index in [1.165, 1.54) is 16.7 Å². The van der Waals surface area contributed by atoms with Crippen LogP contribution < -0.4 is 21.5 Å². The van der Waals surface area contributed by atoms with Crippen molar-refractivity contribution < 1.29 is 4.74 Å². The third-order valence-corrected chi connectivity index (χ3v) is 5.18. The average Bonchev–Trinajstić information content (AvgIpc) is 2.99. The molecule has 24 heavy (non-hydrogen) atoms. The number of fused-ring (bicyclic) bond motifs is 2. The van der Waals surface area contributed by atoms with Crippen LogP contribution in [0.4, 0.5) is 11.4 Å². The minimum absolute atomic E-state index is 0.171. The number of nitrogen functional groups attached to an aromatic ring is 1. The van der Waals surface area contributed by atoms with E-state index in [2.05, 4.69) is 36.5 Å². The molecule has 1 aliphatic heterocycles. The lowest BCUT2D eigenvalue weighted by Gasteiger charge is -2.38. The molecule has 0 aromatic heterocycles. The molecule has 0 saturated carbocycles. The molecule has 5 N–H and O–H groups in total. The maximum atomic E-state index is 6.81. The van der Waals surface area contributed by atoms with Crippen molar-refractivity contribution >= 4 is 17.5 Å². The molecule has 0 spiro atoms. The summed E-state index contributed by atoms with van der Waals surface area (Å²) in [6, 6.07) is 10.2. The first-order valence-corrected chi connectivity index (χ1v) is 8.33.